The molecule has 1 N–H and O–H groups in total. The molecule has 0 amide bonds. The number of phenolic OH excluding ortho intramolecular Hbond substituents is 1. The molecule has 0 radical (unpaired) electrons. The van der Waals surface area contributed by atoms with E-state index in [1.165, 1.54) is 7.11 Å². The molecule has 0 aromatic heterocycles. The number of carbonyl (C=O) groups excluding carboxylic acids is 1. The Bertz CT molecular complexity index is 385. The van der Waals surface area contributed by atoms with E-state index in [0.29, 0.717) is 11.3 Å². The average molecular weight is 224 g/mol. The minimum absolute atomic E-state index is 0.199. The van der Waals surface area contributed by atoms with Gasteiger partial charge in [-0.25, -0.2) is 0 Å². The standard InChI is InChI=1S/C12H16O4/c1-8-4-5-10(9(2)12(8)14)16-7-6-11(13)15-3/h4-5,14H,6-7H2,1-3H3. The lowest BCUT2D eigenvalue weighted by atomic mass is 10.1. The Labute approximate surface area is 94.8 Å². The quantitative estimate of drug-likeness (QED) is 0.794. The molecule has 4 heteroatoms. The Hall–Kier alpha value is -1.71. The topological polar surface area (TPSA) is 55.8 Å². The normalized spacial score (nSPS) is 9.94. The number of phenols is 1. The smallest absolute Gasteiger partial charge is 0.308 e. The number of hydrogen-bond acceptors (Lipinski definition) is 4. The first-order valence-corrected chi connectivity index (χ1v) is 5.05. The number of methoxy groups -OCH3 is 1. The van der Waals surface area contributed by atoms with Crippen LogP contribution < -0.4 is 4.74 Å². The van der Waals surface area contributed by atoms with Crippen molar-refractivity contribution in [2.75, 3.05) is 13.7 Å². The van der Waals surface area contributed by atoms with Crippen LogP contribution in [0.2, 0.25) is 0 Å². The van der Waals surface area contributed by atoms with Crippen molar-refractivity contribution < 1.29 is 19.4 Å². The first-order chi connectivity index (χ1) is 7.56. The van der Waals surface area contributed by atoms with Gasteiger partial charge in [0.1, 0.15) is 11.5 Å². The summed E-state index contributed by atoms with van der Waals surface area (Å²) in [5, 5.41) is 9.67. The molecule has 0 spiro atoms. The molecule has 0 unspecified atom stereocenters. The van der Waals surface area contributed by atoms with Crippen molar-refractivity contribution in [3.8, 4) is 11.5 Å². The zero-order chi connectivity index (χ0) is 12.1. The van der Waals surface area contributed by atoms with Crippen LogP contribution in [-0.2, 0) is 9.53 Å². The summed E-state index contributed by atoms with van der Waals surface area (Å²) in [7, 11) is 1.34. The van der Waals surface area contributed by atoms with E-state index in [-0.39, 0.29) is 24.7 Å². The molecule has 1 aromatic carbocycles. The number of esters is 1. The number of ether oxygens (including phenoxy) is 2. The summed E-state index contributed by atoms with van der Waals surface area (Å²) in [5.74, 6) is 0.511. The van der Waals surface area contributed by atoms with Crippen molar-refractivity contribution in [1.82, 2.24) is 0 Å². The van der Waals surface area contributed by atoms with Crippen molar-refractivity contribution >= 4 is 5.97 Å². The molecule has 16 heavy (non-hydrogen) atoms. The van der Waals surface area contributed by atoms with Gasteiger partial charge in [0.2, 0.25) is 0 Å². The fraction of sp³-hybridized carbons (Fsp3) is 0.417. The lowest BCUT2D eigenvalue weighted by Crippen LogP contribution is -2.08. The van der Waals surface area contributed by atoms with Crippen molar-refractivity contribution in [3.05, 3.63) is 23.3 Å². The summed E-state index contributed by atoms with van der Waals surface area (Å²) in [5.41, 5.74) is 1.49. The van der Waals surface area contributed by atoms with Crippen molar-refractivity contribution in [2.45, 2.75) is 20.3 Å². The second-order valence-corrected chi connectivity index (χ2v) is 3.53. The first kappa shape index (κ1) is 12.4. The highest BCUT2D eigenvalue weighted by Gasteiger charge is 2.08. The number of aromatic hydroxyl groups is 1. The molecule has 1 aromatic rings. The van der Waals surface area contributed by atoms with Crippen LogP contribution in [0.1, 0.15) is 17.5 Å². The second-order valence-electron chi connectivity index (χ2n) is 3.53. The van der Waals surface area contributed by atoms with Gasteiger partial charge in [0.25, 0.3) is 0 Å². The van der Waals surface area contributed by atoms with Gasteiger partial charge in [-0.05, 0) is 25.5 Å². The van der Waals surface area contributed by atoms with Gasteiger partial charge < -0.3 is 14.6 Å². The summed E-state index contributed by atoms with van der Waals surface area (Å²) in [6.45, 7) is 3.84. The van der Waals surface area contributed by atoms with Gasteiger partial charge in [-0.1, -0.05) is 6.07 Å². The highest BCUT2D eigenvalue weighted by molar-refractivity contribution is 5.69. The molecule has 0 saturated heterocycles. The van der Waals surface area contributed by atoms with Gasteiger partial charge >= 0.3 is 5.97 Å². The Balaban J connectivity index is 2.61. The van der Waals surface area contributed by atoms with Gasteiger partial charge in [0.15, 0.2) is 0 Å². The molecular weight excluding hydrogens is 208 g/mol. The van der Waals surface area contributed by atoms with Crippen LogP contribution in [0.4, 0.5) is 0 Å². The van der Waals surface area contributed by atoms with E-state index in [9.17, 15) is 9.90 Å². The fourth-order valence-electron chi connectivity index (χ4n) is 1.32. The molecule has 0 heterocycles. The predicted octanol–water partition coefficient (Wildman–Crippen LogP) is 1.95. The van der Waals surface area contributed by atoms with Gasteiger partial charge in [-0.3, -0.25) is 4.79 Å². The Kier molecular flexibility index (Phi) is 4.17. The van der Waals surface area contributed by atoms with Crippen LogP contribution in [0.25, 0.3) is 0 Å². The molecular formula is C12H16O4. The summed E-state index contributed by atoms with van der Waals surface area (Å²) >= 11 is 0. The SMILES string of the molecule is COC(=O)CCOc1ccc(C)c(O)c1C. The third-order valence-corrected chi connectivity index (χ3v) is 2.37. The maximum absolute atomic E-state index is 10.9. The molecule has 4 nitrogen and oxygen atoms in total. The number of carbonyl (C=O) groups is 1. The van der Waals surface area contributed by atoms with Gasteiger partial charge in [-0.2, -0.15) is 0 Å². The van der Waals surface area contributed by atoms with E-state index in [1.54, 1.807) is 19.1 Å². The third kappa shape index (κ3) is 2.89. The minimum atomic E-state index is -0.311. The van der Waals surface area contributed by atoms with Crippen LogP contribution >= 0.6 is 0 Å². The monoisotopic (exact) mass is 224 g/mol. The summed E-state index contributed by atoms with van der Waals surface area (Å²) in [4.78, 5) is 10.9. The fourth-order valence-corrected chi connectivity index (χ4v) is 1.32. The average Bonchev–Trinajstić information content (AvgIpc) is 2.29. The van der Waals surface area contributed by atoms with Gasteiger partial charge in [0.05, 0.1) is 20.1 Å². The lowest BCUT2D eigenvalue weighted by Gasteiger charge is -2.11. The number of aryl methyl sites for hydroxylation is 1. The van der Waals surface area contributed by atoms with E-state index in [4.69, 9.17) is 4.74 Å². The Morgan fingerprint density at radius 2 is 2.06 bits per heavy atom. The van der Waals surface area contributed by atoms with Crippen molar-refractivity contribution in [1.29, 1.82) is 0 Å². The van der Waals surface area contributed by atoms with Gasteiger partial charge in [0, 0.05) is 5.56 Å². The van der Waals surface area contributed by atoms with Crippen LogP contribution in [-0.4, -0.2) is 24.8 Å². The van der Waals surface area contributed by atoms with Crippen LogP contribution in [0.15, 0.2) is 12.1 Å². The van der Waals surface area contributed by atoms with E-state index in [2.05, 4.69) is 4.74 Å². The maximum Gasteiger partial charge on any atom is 0.308 e. The zero-order valence-electron chi connectivity index (χ0n) is 9.74. The molecule has 0 fully saturated rings. The van der Waals surface area contributed by atoms with Crippen molar-refractivity contribution in [3.63, 3.8) is 0 Å². The Morgan fingerprint density at radius 3 is 2.69 bits per heavy atom. The summed E-state index contributed by atoms with van der Waals surface area (Å²) < 4.78 is 9.88. The molecule has 0 aliphatic heterocycles. The zero-order valence-corrected chi connectivity index (χ0v) is 9.74. The molecule has 0 saturated carbocycles. The second kappa shape index (κ2) is 5.39. The maximum atomic E-state index is 10.9. The predicted molar refractivity (Wildman–Crippen MR) is 59.7 cm³/mol. The highest BCUT2D eigenvalue weighted by Crippen LogP contribution is 2.29. The van der Waals surface area contributed by atoms with E-state index < -0.39 is 0 Å². The van der Waals surface area contributed by atoms with E-state index in [0.717, 1.165) is 5.56 Å². The first-order valence-electron chi connectivity index (χ1n) is 5.05. The molecule has 88 valence electrons. The Morgan fingerprint density at radius 1 is 1.38 bits per heavy atom. The minimum Gasteiger partial charge on any atom is -0.507 e. The summed E-state index contributed by atoms with van der Waals surface area (Å²) in [6, 6.07) is 3.55. The molecule has 0 aliphatic rings. The van der Waals surface area contributed by atoms with Crippen LogP contribution in [0.5, 0.6) is 11.5 Å². The number of benzene rings is 1. The molecule has 1 rings (SSSR count). The number of rotatable bonds is 4. The number of hydrogen-bond donors (Lipinski definition) is 1. The van der Waals surface area contributed by atoms with Crippen LogP contribution in [0.3, 0.4) is 0 Å². The van der Waals surface area contributed by atoms with Crippen LogP contribution in [0, 0.1) is 13.8 Å². The largest absolute Gasteiger partial charge is 0.507 e. The molecule has 0 atom stereocenters. The molecule has 0 aliphatic carbocycles. The van der Waals surface area contributed by atoms with E-state index in [1.807, 2.05) is 6.92 Å². The highest BCUT2D eigenvalue weighted by atomic mass is 16.5. The van der Waals surface area contributed by atoms with Crippen molar-refractivity contribution in [2.24, 2.45) is 0 Å². The van der Waals surface area contributed by atoms with E-state index >= 15 is 0 Å². The van der Waals surface area contributed by atoms with Gasteiger partial charge in [-0.15, -0.1) is 0 Å². The summed E-state index contributed by atoms with van der Waals surface area (Å²) in [6.07, 6.45) is 0.199. The third-order valence-electron chi connectivity index (χ3n) is 2.37. The molecule has 0 bridgehead atoms. The lowest BCUT2D eigenvalue weighted by molar-refractivity contribution is -0.141.